The number of hydrogen-bond acceptors (Lipinski definition) is 5. The van der Waals surface area contributed by atoms with Crippen molar-refractivity contribution in [2.45, 2.75) is 24.7 Å². The number of fused-ring (bicyclic) bond motifs is 1. The zero-order chi connectivity index (χ0) is 13.6. The molecule has 1 fully saturated rings. The minimum atomic E-state index is -3.07. The topological polar surface area (TPSA) is 86.2 Å². The summed E-state index contributed by atoms with van der Waals surface area (Å²) in [5, 5.41) is 8.96. The van der Waals surface area contributed by atoms with Gasteiger partial charge in [-0.1, -0.05) is 0 Å². The van der Waals surface area contributed by atoms with E-state index in [1.165, 1.54) is 17.1 Å². The Morgan fingerprint density at radius 1 is 1.53 bits per heavy atom. The summed E-state index contributed by atoms with van der Waals surface area (Å²) in [6, 6.07) is 1.55. The molecule has 0 unspecified atom stereocenters. The van der Waals surface area contributed by atoms with E-state index in [1.54, 1.807) is 6.07 Å². The van der Waals surface area contributed by atoms with Crippen molar-refractivity contribution in [3.63, 3.8) is 0 Å². The molecule has 0 aromatic carbocycles. The van der Waals surface area contributed by atoms with Crippen LogP contribution in [-0.4, -0.2) is 38.3 Å². The largest absolute Gasteiger partial charge is 0.394 e. The zero-order valence-corrected chi connectivity index (χ0v) is 9.83. The lowest BCUT2D eigenvalue weighted by Gasteiger charge is -2.19. The molecule has 102 valence electrons. The van der Waals surface area contributed by atoms with Gasteiger partial charge < -0.3 is 15.6 Å². The molecule has 19 heavy (non-hydrogen) atoms. The minimum Gasteiger partial charge on any atom is -0.394 e. The first-order chi connectivity index (χ1) is 9.03. The first kappa shape index (κ1) is 12.2. The molecule has 2 aromatic rings. The summed E-state index contributed by atoms with van der Waals surface area (Å²) in [7, 11) is 0. The lowest BCUT2D eigenvalue weighted by atomic mass is 10.2. The molecule has 2 atom stereocenters. The molecule has 1 saturated heterocycles. The fourth-order valence-corrected chi connectivity index (χ4v) is 2.28. The third-order valence-corrected chi connectivity index (χ3v) is 3.16. The van der Waals surface area contributed by atoms with Crippen LogP contribution in [0.25, 0.3) is 11.0 Å². The summed E-state index contributed by atoms with van der Waals surface area (Å²) in [6.07, 6.45) is -0.213. The van der Waals surface area contributed by atoms with Gasteiger partial charge in [0.1, 0.15) is 5.52 Å². The van der Waals surface area contributed by atoms with E-state index in [4.69, 9.17) is 15.6 Å². The molecule has 8 heteroatoms. The number of aliphatic hydroxyl groups excluding tert-OH is 1. The van der Waals surface area contributed by atoms with Crippen molar-refractivity contribution in [2.75, 3.05) is 12.3 Å². The van der Waals surface area contributed by atoms with Gasteiger partial charge in [0.15, 0.2) is 12.0 Å². The number of imidazole rings is 1. The molecule has 0 bridgehead atoms. The van der Waals surface area contributed by atoms with E-state index < -0.39 is 31.3 Å². The third kappa shape index (κ3) is 1.83. The highest BCUT2D eigenvalue weighted by molar-refractivity contribution is 5.84. The molecule has 6 nitrogen and oxygen atoms in total. The van der Waals surface area contributed by atoms with Crippen LogP contribution in [0.5, 0.6) is 0 Å². The van der Waals surface area contributed by atoms with E-state index >= 15 is 0 Å². The van der Waals surface area contributed by atoms with E-state index in [2.05, 4.69) is 9.97 Å². The van der Waals surface area contributed by atoms with Gasteiger partial charge >= 0.3 is 0 Å². The molecular weight excluding hydrogens is 258 g/mol. The van der Waals surface area contributed by atoms with Crippen molar-refractivity contribution in [1.82, 2.24) is 14.5 Å². The molecule has 3 heterocycles. The van der Waals surface area contributed by atoms with Gasteiger partial charge in [-0.2, -0.15) is 0 Å². The fourth-order valence-electron chi connectivity index (χ4n) is 2.28. The number of nitrogens with zero attached hydrogens (tertiary/aromatic N) is 3. The average molecular weight is 270 g/mol. The summed E-state index contributed by atoms with van der Waals surface area (Å²) in [5.41, 5.74) is 6.42. The highest BCUT2D eigenvalue weighted by atomic mass is 19.3. The van der Waals surface area contributed by atoms with Crippen molar-refractivity contribution < 1.29 is 18.6 Å². The van der Waals surface area contributed by atoms with Crippen molar-refractivity contribution in [3.8, 4) is 0 Å². The number of aromatic nitrogens is 3. The minimum absolute atomic E-state index is 0.177. The molecular formula is C11H12F2N4O2. The Morgan fingerprint density at radius 2 is 2.32 bits per heavy atom. The zero-order valence-electron chi connectivity index (χ0n) is 9.83. The fraction of sp³-hybridized carbons (Fsp3) is 0.455. The van der Waals surface area contributed by atoms with Gasteiger partial charge in [0.25, 0.3) is 5.92 Å². The van der Waals surface area contributed by atoms with Gasteiger partial charge in [0.05, 0.1) is 24.6 Å². The van der Waals surface area contributed by atoms with Crippen LogP contribution in [0.2, 0.25) is 0 Å². The molecule has 0 saturated carbocycles. The number of pyridine rings is 1. The Balaban J connectivity index is 2.07. The quantitative estimate of drug-likeness (QED) is 0.847. The number of rotatable bonds is 2. The first-order valence-corrected chi connectivity index (χ1v) is 5.74. The van der Waals surface area contributed by atoms with E-state index in [0.717, 1.165) is 0 Å². The number of aliphatic hydroxyl groups is 1. The molecule has 0 aliphatic carbocycles. The molecule has 1 aliphatic rings. The summed E-state index contributed by atoms with van der Waals surface area (Å²) >= 11 is 0. The van der Waals surface area contributed by atoms with Crippen molar-refractivity contribution >= 4 is 16.9 Å². The average Bonchev–Trinajstić information content (AvgIpc) is 2.90. The summed E-state index contributed by atoms with van der Waals surface area (Å²) in [5.74, 6) is -2.89. The van der Waals surface area contributed by atoms with Gasteiger partial charge in [-0.05, 0) is 6.07 Å². The maximum absolute atomic E-state index is 13.9. The normalized spacial score (nSPS) is 26.1. The van der Waals surface area contributed by atoms with E-state index in [9.17, 15) is 8.78 Å². The van der Waals surface area contributed by atoms with Crippen molar-refractivity contribution in [2.24, 2.45) is 0 Å². The molecule has 0 spiro atoms. The highest BCUT2D eigenvalue weighted by Crippen LogP contribution is 2.43. The second-order valence-electron chi connectivity index (χ2n) is 4.47. The first-order valence-electron chi connectivity index (χ1n) is 5.74. The monoisotopic (exact) mass is 270 g/mol. The highest BCUT2D eigenvalue weighted by Gasteiger charge is 2.51. The van der Waals surface area contributed by atoms with Gasteiger partial charge in [0, 0.05) is 12.6 Å². The predicted octanol–water partition coefficient (Wildman–Crippen LogP) is 0.929. The molecule has 2 aromatic heterocycles. The molecule has 0 radical (unpaired) electrons. The number of halogens is 2. The van der Waals surface area contributed by atoms with Gasteiger partial charge in [-0.3, -0.25) is 4.57 Å². The van der Waals surface area contributed by atoms with E-state index in [1.807, 2.05) is 0 Å². The number of nitrogen functional groups attached to an aromatic ring is 1. The summed E-state index contributed by atoms with van der Waals surface area (Å²) < 4.78 is 34.2. The number of ether oxygens (including phenoxy) is 1. The Morgan fingerprint density at radius 3 is 3.00 bits per heavy atom. The summed E-state index contributed by atoms with van der Waals surface area (Å²) in [6.45, 7) is -0.442. The van der Waals surface area contributed by atoms with Crippen LogP contribution >= 0.6 is 0 Å². The number of alkyl halides is 2. The summed E-state index contributed by atoms with van der Waals surface area (Å²) in [4.78, 5) is 7.83. The number of nitrogens with two attached hydrogens (primary N) is 1. The third-order valence-electron chi connectivity index (χ3n) is 3.16. The van der Waals surface area contributed by atoms with Crippen LogP contribution < -0.4 is 5.73 Å². The Kier molecular flexibility index (Phi) is 2.64. The Labute approximate surface area is 106 Å². The van der Waals surface area contributed by atoms with Crippen molar-refractivity contribution in [1.29, 1.82) is 0 Å². The lowest BCUT2D eigenvalue weighted by molar-refractivity contribution is -0.116. The van der Waals surface area contributed by atoms with Gasteiger partial charge in [-0.25, -0.2) is 18.7 Å². The number of hydrogen-bond donors (Lipinski definition) is 2. The number of anilines is 1. The van der Waals surface area contributed by atoms with Crippen molar-refractivity contribution in [3.05, 3.63) is 18.6 Å². The Hall–Kier alpha value is -1.80. The van der Waals surface area contributed by atoms with E-state index in [-0.39, 0.29) is 5.82 Å². The SMILES string of the molecule is Nc1nccc2c1ncn2[C@@H]1O[C@H](CO)CC1(F)F. The van der Waals surface area contributed by atoms with Crippen LogP contribution in [0.1, 0.15) is 12.6 Å². The Bertz CT molecular complexity index is 616. The van der Waals surface area contributed by atoms with Crippen LogP contribution in [0.15, 0.2) is 18.6 Å². The van der Waals surface area contributed by atoms with Gasteiger partial charge in [-0.15, -0.1) is 0 Å². The smallest absolute Gasteiger partial charge is 0.294 e. The maximum atomic E-state index is 13.9. The molecule has 3 rings (SSSR count). The van der Waals surface area contributed by atoms with Crippen LogP contribution in [0.4, 0.5) is 14.6 Å². The standard InChI is InChI=1S/C11H12F2N4O2/c12-11(13)3-6(4-18)19-10(11)17-5-16-8-7(17)1-2-15-9(8)14/h1-2,5-6,10,18H,3-4H2,(H2,14,15)/t6-,10+/m0/s1. The van der Waals surface area contributed by atoms with Gasteiger partial charge in [0.2, 0.25) is 0 Å². The lowest BCUT2D eigenvalue weighted by Crippen LogP contribution is -2.25. The van der Waals surface area contributed by atoms with Crippen LogP contribution in [0.3, 0.4) is 0 Å². The molecule has 0 amide bonds. The second kappa shape index (κ2) is 4.10. The second-order valence-corrected chi connectivity index (χ2v) is 4.47. The maximum Gasteiger partial charge on any atom is 0.294 e. The van der Waals surface area contributed by atoms with Crippen LogP contribution in [-0.2, 0) is 4.74 Å². The van der Waals surface area contributed by atoms with E-state index in [0.29, 0.717) is 11.0 Å². The molecule has 1 aliphatic heterocycles. The van der Waals surface area contributed by atoms with Crippen LogP contribution in [0, 0.1) is 0 Å². The molecule has 3 N–H and O–H groups in total. The predicted molar refractivity (Wildman–Crippen MR) is 62.5 cm³/mol.